The van der Waals surface area contributed by atoms with Crippen molar-refractivity contribution in [3.8, 4) is 11.4 Å². The van der Waals surface area contributed by atoms with Gasteiger partial charge in [-0.25, -0.2) is 14.8 Å². The van der Waals surface area contributed by atoms with Crippen molar-refractivity contribution in [3.05, 3.63) is 33.8 Å². The lowest BCUT2D eigenvalue weighted by molar-refractivity contribution is -0.142. The molecule has 0 spiro atoms. The van der Waals surface area contributed by atoms with Crippen LogP contribution in [0.5, 0.6) is 0 Å². The summed E-state index contributed by atoms with van der Waals surface area (Å²) in [5, 5.41) is 13.5. The fraction of sp³-hybridized carbons (Fsp3) is 0.593. The molecule has 0 bridgehead atoms. The quantitative estimate of drug-likeness (QED) is 0.520. The lowest BCUT2D eigenvalue weighted by Gasteiger charge is -2.43. The number of halogens is 3. The van der Waals surface area contributed by atoms with Gasteiger partial charge in [0.2, 0.25) is 11.8 Å². The van der Waals surface area contributed by atoms with Gasteiger partial charge in [-0.3, -0.25) is 14.5 Å². The van der Waals surface area contributed by atoms with Crippen LogP contribution >= 0.6 is 11.3 Å². The minimum Gasteiger partial charge on any atom is -0.465 e. The fourth-order valence-corrected chi connectivity index (χ4v) is 6.12. The largest absolute Gasteiger partial charge is 0.465 e. The molecule has 0 aromatic carbocycles. The van der Waals surface area contributed by atoms with Crippen LogP contribution in [-0.4, -0.2) is 78.9 Å². The van der Waals surface area contributed by atoms with Crippen molar-refractivity contribution in [2.75, 3.05) is 19.6 Å². The van der Waals surface area contributed by atoms with Gasteiger partial charge in [0.25, 0.3) is 0 Å². The molecule has 2 aromatic rings. The van der Waals surface area contributed by atoms with Crippen LogP contribution < -0.4 is 0 Å². The number of amides is 3. The molecule has 1 N–H and O–H groups in total. The molecule has 218 valence electrons. The third-order valence-corrected chi connectivity index (χ3v) is 8.02. The van der Waals surface area contributed by atoms with E-state index in [4.69, 9.17) is 0 Å². The second-order valence-electron chi connectivity index (χ2n) is 11.5. The Morgan fingerprint density at radius 3 is 2.55 bits per heavy atom. The van der Waals surface area contributed by atoms with E-state index in [1.54, 1.807) is 42.5 Å². The zero-order valence-corrected chi connectivity index (χ0v) is 23.8. The van der Waals surface area contributed by atoms with E-state index < -0.39 is 35.5 Å². The number of alkyl halides is 3. The minimum absolute atomic E-state index is 0.0189. The minimum atomic E-state index is -4.68. The standard InChI is InChI=1S/C27H34F3N5O4S/c1-16-5-6-21(36)34(12-16)13-18(35(25(38)39)26(2,3)4)11-22(37)33-9-7-19-20(14-33)31-24(17-8-10-40-15-17)32-23(19)27(28,29)30/h8,10,15-16,18H,5-7,9,11-14H2,1-4H3,(H,38,39)/t16-,18+/m1/s1. The average Bonchev–Trinajstić information content (AvgIpc) is 3.38. The molecule has 2 aliphatic rings. The predicted molar refractivity (Wildman–Crippen MR) is 142 cm³/mol. The molecule has 1 saturated heterocycles. The maximum atomic E-state index is 13.9. The van der Waals surface area contributed by atoms with Crippen molar-refractivity contribution in [3.63, 3.8) is 0 Å². The summed E-state index contributed by atoms with van der Waals surface area (Å²) in [6.45, 7) is 7.59. The summed E-state index contributed by atoms with van der Waals surface area (Å²) in [5.41, 5.74) is -1.29. The van der Waals surface area contributed by atoms with E-state index in [9.17, 15) is 32.7 Å². The van der Waals surface area contributed by atoms with Gasteiger partial charge in [-0.15, -0.1) is 0 Å². The number of carbonyl (C=O) groups excluding carboxylic acids is 2. The first kappa shape index (κ1) is 29.8. The Morgan fingerprint density at radius 1 is 1.23 bits per heavy atom. The Bertz CT molecular complexity index is 1260. The summed E-state index contributed by atoms with van der Waals surface area (Å²) in [7, 11) is 0. The number of carbonyl (C=O) groups is 3. The third-order valence-electron chi connectivity index (χ3n) is 7.34. The molecule has 2 aliphatic heterocycles. The summed E-state index contributed by atoms with van der Waals surface area (Å²) in [6, 6.07) is 0.802. The molecule has 1 fully saturated rings. The fourth-order valence-electron chi connectivity index (χ4n) is 5.49. The Labute approximate surface area is 235 Å². The number of rotatable bonds is 6. The number of thiophene rings is 1. The van der Waals surface area contributed by atoms with E-state index in [1.807, 2.05) is 6.92 Å². The number of carboxylic acid groups (broad SMARTS) is 1. The van der Waals surface area contributed by atoms with E-state index in [0.29, 0.717) is 18.5 Å². The number of aromatic nitrogens is 2. The molecule has 9 nitrogen and oxygen atoms in total. The average molecular weight is 582 g/mol. The first-order chi connectivity index (χ1) is 18.6. The highest BCUT2D eigenvalue weighted by Gasteiger charge is 2.41. The van der Waals surface area contributed by atoms with Gasteiger partial charge in [-0.05, 0) is 51.0 Å². The van der Waals surface area contributed by atoms with Crippen LogP contribution in [0.15, 0.2) is 16.8 Å². The van der Waals surface area contributed by atoms with Crippen molar-refractivity contribution in [1.29, 1.82) is 0 Å². The summed E-state index contributed by atoms with van der Waals surface area (Å²) in [6.07, 6.45) is -5.07. The number of piperidine rings is 1. The summed E-state index contributed by atoms with van der Waals surface area (Å²) in [4.78, 5) is 51.1. The predicted octanol–water partition coefficient (Wildman–Crippen LogP) is 4.90. The maximum Gasteiger partial charge on any atom is 0.433 e. The van der Waals surface area contributed by atoms with Crippen LogP contribution in [0.2, 0.25) is 0 Å². The Morgan fingerprint density at radius 2 is 1.95 bits per heavy atom. The van der Waals surface area contributed by atoms with Gasteiger partial charge >= 0.3 is 12.3 Å². The van der Waals surface area contributed by atoms with Crippen molar-refractivity contribution in [1.82, 2.24) is 24.7 Å². The number of nitrogens with zero attached hydrogens (tertiary/aromatic N) is 5. The molecule has 0 aliphatic carbocycles. The van der Waals surface area contributed by atoms with Gasteiger partial charge in [-0.2, -0.15) is 24.5 Å². The van der Waals surface area contributed by atoms with Gasteiger partial charge in [0.15, 0.2) is 11.5 Å². The number of hydrogen-bond acceptors (Lipinski definition) is 6. The molecule has 4 rings (SSSR count). The zero-order chi connectivity index (χ0) is 29.4. The normalized spacial score (nSPS) is 18.9. The number of likely N-dealkylation sites (tertiary alicyclic amines) is 1. The van der Waals surface area contributed by atoms with Crippen LogP contribution in [0.25, 0.3) is 11.4 Å². The maximum absolute atomic E-state index is 13.9. The molecule has 0 unspecified atom stereocenters. The molecule has 2 aromatic heterocycles. The Hall–Kier alpha value is -3.22. The van der Waals surface area contributed by atoms with Gasteiger partial charge < -0.3 is 14.9 Å². The van der Waals surface area contributed by atoms with Crippen molar-refractivity contribution in [2.45, 2.75) is 77.7 Å². The molecule has 13 heteroatoms. The summed E-state index contributed by atoms with van der Waals surface area (Å²) < 4.78 is 41.8. The second-order valence-corrected chi connectivity index (χ2v) is 12.3. The molecular weight excluding hydrogens is 547 g/mol. The Balaban J connectivity index is 1.61. The molecule has 4 heterocycles. The van der Waals surface area contributed by atoms with Gasteiger partial charge in [-0.1, -0.05) is 6.92 Å². The van der Waals surface area contributed by atoms with Gasteiger partial charge in [0, 0.05) is 54.5 Å². The smallest absolute Gasteiger partial charge is 0.433 e. The van der Waals surface area contributed by atoms with Crippen LogP contribution in [0, 0.1) is 5.92 Å². The van der Waals surface area contributed by atoms with Gasteiger partial charge in [0.1, 0.15) is 0 Å². The van der Waals surface area contributed by atoms with Crippen LogP contribution in [0.4, 0.5) is 18.0 Å². The Kier molecular flexibility index (Phi) is 8.44. The van der Waals surface area contributed by atoms with Crippen molar-refractivity contribution in [2.24, 2.45) is 5.92 Å². The van der Waals surface area contributed by atoms with Crippen LogP contribution in [0.1, 0.15) is 63.9 Å². The van der Waals surface area contributed by atoms with E-state index >= 15 is 0 Å². The number of fused-ring (bicyclic) bond motifs is 1. The molecule has 40 heavy (non-hydrogen) atoms. The SMILES string of the molecule is C[C@@H]1CCC(=O)N(C[C@H](CC(=O)N2CCc3c(nc(-c4ccsc4)nc3C(F)(F)F)C2)N(C(=O)O)C(C)(C)C)C1. The molecule has 2 atom stereocenters. The molecular formula is C27H34F3N5O4S. The highest BCUT2D eigenvalue weighted by atomic mass is 32.1. The highest BCUT2D eigenvalue weighted by molar-refractivity contribution is 7.08. The lowest BCUT2D eigenvalue weighted by Crippen LogP contribution is -2.57. The van der Waals surface area contributed by atoms with Crippen LogP contribution in [-0.2, 0) is 28.7 Å². The van der Waals surface area contributed by atoms with E-state index in [-0.39, 0.29) is 61.4 Å². The first-order valence-electron chi connectivity index (χ1n) is 13.2. The highest BCUT2D eigenvalue weighted by Crippen LogP contribution is 2.36. The topological polar surface area (TPSA) is 107 Å². The van der Waals surface area contributed by atoms with Crippen LogP contribution in [0.3, 0.4) is 0 Å². The molecule has 0 saturated carbocycles. The lowest BCUT2D eigenvalue weighted by atomic mass is 9.96. The molecule has 3 amide bonds. The van der Waals surface area contributed by atoms with Crippen molar-refractivity contribution < 1.29 is 32.7 Å². The monoisotopic (exact) mass is 581 g/mol. The molecule has 0 radical (unpaired) electrons. The van der Waals surface area contributed by atoms with E-state index in [1.165, 1.54) is 21.1 Å². The van der Waals surface area contributed by atoms with E-state index in [2.05, 4.69) is 9.97 Å². The van der Waals surface area contributed by atoms with E-state index in [0.717, 1.165) is 6.42 Å². The zero-order valence-electron chi connectivity index (χ0n) is 23.0. The van der Waals surface area contributed by atoms with Gasteiger partial charge in [0.05, 0.1) is 18.3 Å². The summed E-state index contributed by atoms with van der Waals surface area (Å²) >= 11 is 1.31. The third kappa shape index (κ3) is 6.56. The second kappa shape index (κ2) is 11.3. The van der Waals surface area contributed by atoms with Crippen molar-refractivity contribution >= 4 is 29.2 Å². The summed E-state index contributed by atoms with van der Waals surface area (Å²) in [5.74, 6) is -0.297. The first-order valence-corrected chi connectivity index (χ1v) is 14.2. The number of hydrogen-bond donors (Lipinski definition) is 1.